The first kappa shape index (κ1) is 14.0. The van der Waals surface area contributed by atoms with Crippen molar-refractivity contribution >= 4 is 5.91 Å². The quantitative estimate of drug-likeness (QED) is 0.895. The summed E-state index contributed by atoms with van der Waals surface area (Å²) < 4.78 is 1.19. The van der Waals surface area contributed by atoms with Gasteiger partial charge < -0.3 is 5.32 Å². The molecule has 0 unspecified atom stereocenters. The molecule has 0 spiro atoms. The first-order chi connectivity index (χ1) is 9.70. The molecule has 0 saturated heterocycles. The summed E-state index contributed by atoms with van der Waals surface area (Å²) >= 11 is 0. The van der Waals surface area contributed by atoms with E-state index in [-0.39, 0.29) is 18.0 Å². The van der Waals surface area contributed by atoms with Gasteiger partial charge in [0.25, 0.3) is 5.56 Å². The molecule has 0 fully saturated rings. The molecule has 1 N–H and O–H groups in total. The summed E-state index contributed by atoms with van der Waals surface area (Å²) in [6.07, 6.45) is 0.859. The Labute approximate surface area is 117 Å². The Hall–Kier alpha value is -2.43. The summed E-state index contributed by atoms with van der Waals surface area (Å²) in [6.45, 7) is 2.52. The van der Waals surface area contributed by atoms with E-state index in [4.69, 9.17) is 0 Å². The maximum Gasteiger partial charge on any atom is 0.267 e. The van der Waals surface area contributed by atoms with Crippen LogP contribution in [0.25, 0.3) is 11.3 Å². The van der Waals surface area contributed by atoms with E-state index < -0.39 is 0 Å². The highest BCUT2D eigenvalue weighted by Crippen LogP contribution is 2.13. The highest BCUT2D eigenvalue weighted by atomic mass is 16.2. The Bertz CT molecular complexity index is 635. The van der Waals surface area contributed by atoms with Crippen LogP contribution in [0.3, 0.4) is 0 Å². The maximum atomic E-state index is 11.7. The van der Waals surface area contributed by atoms with Crippen molar-refractivity contribution in [2.75, 3.05) is 6.54 Å². The fourth-order valence-corrected chi connectivity index (χ4v) is 1.78. The molecule has 0 aliphatic carbocycles. The lowest BCUT2D eigenvalue weighted by atomic mass is 10.1. The molecule has 0 bridgehead atoms. The lowest BCUT2D eigenvalue weighted by Crippen LogP contribution is -2.33. The van der Waals surface area contributed by atoms with Crippen molar-refractivity contribution in [1.29, 1.82) is 0 Å². The summed E-state index contributed by atoms with van der Waals surface area (Å²) in [4.78, 5) is 23.4. The number of amides is 1. The lowest BCUT2D eigenvalue weighted by Gasteiger charge is -2.07. The second-order valence-corrected chi connectivity index (χ2v) is 4.43. The minimum atomic E-state index is -0.281. The van der Waals surface area contributed by atoms with Crippen LogP contribution in [0.2, 0.25) is 0 Å². The van der Waals surface area contributed by atoms with E-state index in [1.165, 1.54) is 10.7 Å². The minimum Gasteiger partial charge on any atom is -0.355 e. The van der Waals surface area contributed by atoms with Crippen molar-refractivity contribution in [2.45, 2.75) is 19.9 Å². The molecule has 0 aliphatic rings. The van der Waals surface area contributed by atoms with E-state index in [0.29, 0.717) is 12.2 Å². The summed E-state index contributed by atoms with van der Waals surface area (Å²) in [5.41, 5.74) is 1.31. The minimum absolute atomic E-state index is 0.0560. The topological polar surface area (TPSA) is 64.0 Å². The zero-order valence-corrected chi connectivity index (χ0v) is 11.4. The molecule has 2 rings (SSSR count). The summed E-state index contributed by atoms with van der Waals surface area (Å²) in [7, 11) is 0. The Morgan fingerprint density at radius 1 is 1.20 bits per heavy atom. The number of rotatable bonds is 5. The molecular weight excluding hydrogens is 254 g/mol. The van der Waals surface area contributed by atoms with E-state index in [2.05, 4.69) is 10.4 Å². The second-order valence-electron chi connectivity index (χ2n) is 4.43. The fourth-order valence-electron chi connectivity index (χ4n) is 1.78. The monoisotopic (exact) mass is 271 g/mol. The number of hydrogen-bond donors (Lipinski definition) is 1. The van der Waals surface area contributed by atoms with Crippen molar-refractivity contribution < 1.29 is 4.79 Å². The van der Waals surface area contributed by atoms with Gasteiger partial charge in [-0.3, -0.25) is 9.59 Å². The van der Waals surface area contributed by atoms with Crippen LogP contribution < -0.4 is 10.9 Å². The van der Waals surface area contributed by atoms with Crippen molar-refractivity contribution in [3.63, 3.8) is 0 Å². The van der Waals surface area contributed by atoms with Gasteiger partial charge in [0.2, 0.25) is 5.91 Å². The standard InChI is InChI=1S/C15H17N3O2/c1-2-10-16-14(19)11-18-15(20)9-8-13(17-18)12-6-4-3-5-7-12/h3-9H,2,10-11H2,1H3,(H,16,19). The third-order valence-corrected chi connectivity index (χ3v) is 2.80. The van der Waals surface area contributed by atoms with Crippen LogP contribution in [0.5, 0.6) is 0 Å². The molecule has 0 radical (unpaired) electrons. The highest BCUT2D eigenvalue weighted by molar-refractivity contribution is 5.75. The number of benzene rings is 1. The molecule has 104 valence electrons. The van der Waals surface area contributed by atoms with Crippen molar-refractivity contribution in [2.24, 2.45) is 0 Å². The van der Waals surface area contributed by atoms with Gasteiger partial charge in [0, 0.05) is 18.2 Å². The molecule has 0 aliphatic heterocycles. The van der Waals surface area contributed by atoms with E-state index in [1.807, 2.05) is 37.3 Å². The van der Waals surface area contributed by atoms with Crippen LogP contribution in [-0.4, -0.2) is 22.2 Å². The predicted octanol–water partition coefficient (Wildman–Crippen LogP) is 1.44. The number of aromatic nitrogens is 2. The molecule has 0 atom stereocenters. The number of hydrogen-bond acceptors (Lipinski definition) is 3. The van der Waals surface area contributed by atoms with E-state index in [0.717, 1.165) is 12.0 Å². The van der Waals surface area contributed by atoms with Crippen molar-refractivity contribution in [3.8, 4) is 11.3 Å². The molecule has 5 nitrogen and oxygen atoms in total. The van der Waals surface area contributed by atoms with Crippen molar-refractivity contribution in [3.05, 3.63) is 52.8 Å². The van der Waals surface area contributed by atoms with Gasteiger partial charge >= 0.3 is 0 Å². The summed E-state index contributed by atoms with van der Waals surface area (Å²) in [5.74, 6) is -0.202. The number of nitrogens with one attached hydrogen (secondary N) is 1. The van der Waals surface area contributed by atoms with Crippen molar-refractivity contribution in [1.82, 2.24) is 15.1 Å². The van der Waals surface area contributed by atoms with E-state index in [1.54, 1.807) is 6.07 Å². The largest absolute Gasteiger partial charge is 0.355 e. The Morgan fingerprint density at radius 2 is 1.95 bits per heavy atom. The zero-order valence-electron chi connectivity index (χ0n) is 11.4. The van der Waals surface area contributed by atoms with Crippen LogP contribution in [0.15, 0.2) is 47.3 Å². The molecule has 1 aromatic heterocycles. The number of carbonyl (C=O) groups is 1. The highest BCUT2D eigenvalue weighted by Gasteiger charge is 2.07. The van der Waals surface area contributed by atoms with Crippen LogP contribution in [0.4, 0.5) is 0 Å². The Balaban J connectivity index is 2.21. The fraction of sp³-hybridized carbons (Fsp3) is 0.267. The number of nitrogens with zero attached hydrogens (tertiary/aromatic N) is 2. The Morgan fingerprint density at radius 3 is 2.65 bits per heavy atom. The summed E-state index contributed by atoms with van der Waals surface area (Å²) in [5, 5.41) is 6.96. The number of carbonyl (C=O) groups excluding carboxylic acids is 1. The van der Waals surface area contributed by atoms with E-state index in [9.17, 15) is 9.59 Å². The predicted molar refractivity (Wildman–Crippen MR) is 77.2 cm³/mol. The maximum absolute atomic E-state index is 11.7. The SMILES string of the molecule is CCCNC(=O)Cn1nc(-c2ccccc2)ccc1=O. The first-order valence-electron chi connectivity index (χ1n) is 6.61. The molecule has 5 heteroatoms. The zero-order chi connectivity index (χ0) is 14.4. The first-order valence-corrected chi connectivity index (χ1v) is 6.61. The molecule has 0 saturated carbocycles. The van der Waals surface area contributed by atoms with Crippen LogP contribution >= 0.6 is 0 Å². The third kappa shape index (κ3) is 3.54. The van der Waals surface area contributed by atoms with Gasteiger partial charge in [-0.2, -0.15) is 5.10 Å². The molecule has 1 amide bonds. The van der Waals surface area contributed by atoms with Crippen LogP contribution in [-0.2, 0) is 11.3 Å². The van der Waals surface area contributed by atoms with Gasteiger partial charge in [-0.25, -0.2) is 4.68 Å². The van der Waals surface area contributed by atoms with E-state index >= 15 is 0 Å². The average molecular weight is 271 g/mol. The van der Waals surface area contributed by atoms with Gasteiger partial charge in [0.15, 0.2) is 0 Å². The second kappa shape index (κ2) is 6.65. The molecule has 1 aromatic carbocycles. The van der Waals surface area contributed by atoms with Gasteiger partial charge in [-0.15, -0.1) is 0 Å². The van der Waals surface area contributed by atoms with Gasteiger partial charge in [0.1, 0.15) is 6.54 Å². The van der Waals surface area contributed by atoms with Gasteiger partial charge in [-0.1, -0.05) is 37.3 Å². The average Bonchev–Trinajstić information content (AvgIpc) is 2.48. The molecule has 2 aromatic rings. The Kier molecular flexibility index (Phi) is 4.65. The van der Waals surface area contributed by atoms with Crippen LogP contribution in [0, 0.1) is 0 Å². The molecule has 1 heterocycles. The smallest absolute Gasteiger partial charge is 0.267 e. The van der Waals surface area contributed by atoms with Gasteiger partial charge in [-0.05, 0) is 12.5 Å². The molecule has 20 heavy (non-hydrogen) atoms. The lowest BCUT2D eigenvalue weighted by molar-refractivity contribution is -0.121. The molecular formula is C15H17N3O2. The summed E-state index contributed by atoms with van der Waals surface area (Å²) in [6, 6.07) is 12.6. The van der Waals surface area contributed by atoms with Crippen LogP contribution in [0.1, 0.15) is 13.3 Å². The third-order valence-electron chi connectivity index (χ3n) is 2.80. The normalized spacial score (nSPS) is 10.2. The van der Waals surface area contributed by atoms with Gasteiger partial charge in [0.05, 0.1) is 5.69 Å².